The predicted octanol–water partition coefficient (Wildman–Crippen LogP) is 7.09. The molecule has 45 heavy (non-hydrogen) atoms. The molecule has 9 heteroatoms. The fraction of sp³-hybridized carbons (Fsp3) is 0. The monoisotopic (exact) mass is 588 g/mol. The molecule has 3 amide bonds. The summed E-state index contributed by atoms with van der Waals surface area (Å²) in [5, 5.41) is 11.3. The van der Waals surface area contributed by atoms with E-state index in [0.29, 0.717) is 33.6 Å². The molecule has 0 fully saturated rings. The molecule has 0 unspecified atom stereocenters. The second-order valence-electron chi connectivity index (χ2n) is 10.3. The average molecular weight is 589 g/mol. The number of rotatable bonds is 6. The molecule has 3 heterocycles. The van der Waals surface area contributed by atoms with E-state index >= 15 is 0 Å². The number of hydrogen-bond acceptors (Lipinski definition) is 6. The zero-order valence-electron chi connectivity index (χ0n) is 23.7. The molecule has 0 bridgehead atoms. The molecule has 4 aromatic carbocycles. The Bertz CT molecular complexity index is 2000. The van der Waals surface area contributed by atoms with Gasteiger partial charge in [-0.05, 0) is 54.6 Å². The first kappa shape index (κ1) is 27.4. The van der Waals surface area contributed by atoms with Gasteiger partial charge in [0.1, 0.15) is 0 Å². The highest BCUT2D eigenvalue weighted by Crippen LogP contribution is 2.25. The number of fused-ring (bicyclic) bond motifs is 3. The molecule has 0 aliphatic carbocycles. The first-order chi connectivity index (χ1) is 22.0. The predicted molar refractivity (Wildman–Crippen MR) is 176 cm³/mol. The lowest BCUT2D eigenvalue weighted by atomic mass is 10.0. The van der Waals surface area contributed by atoms with E-state index in [1.54, 1.807) is 36.8 Å². The molecular formula is C36H24N6O3. The van der Waals surface area contributed by atoms with E-state index in [9.17, 15) is 14.4 Å². The number of carbonyl (C=O) groups excluding carboxylic acids is 3. The molecule has 216 valence electrons. The van der Waals surface area contributed by atoms with Gasteiger partial charge in [-0.2, -0.15) is 0 Å². The van der Waals surface area contributed by atoms with Crippen LogP contribution in [0.15, 0.2) is 128 Å². The second kappa shape index (κ2) is 11.7. The van der Waals surface area contributed by atoms with Gasteiger partial charge >= 0.3 is 0 Å². The van der Waals surface area contributed by atoms with Gasteiger partial charge in [-0.25, -0.2) is 0 Å². The van der Waals surface area contributed by atoms with Gasteiger partial charge in [0.15, 0.2) is 0 Å². The Morgan fingerprint density at radius 2 is 0.689 bits per heavy atom. The lowest BCUT2D eigenvalue weighted by molar-refractivity contribution is 0.102. The number of nitrogens with zero attached hydrogens (tertiary/aromatic N) is 3. The maximum Gasteiger partial charge on any atom is 0.255 e. The van der Waals surface area contributed by atoms with Gasteiger partial charge in [-0.15, -0.1) is 0 Å². The third kappa shape index (κ3) is 5.53. The number of pyridine rings is 3. The van der Waals surface area contributed by atoms with Crippen LogP contribution in [0.1, 0.15) is 31.1 Å². The zero-order valence-corrected chi connectivity index (χ0v) is 23.7. The summed E-state index contributed by atoms with van der Waals surface area (Å²) in [5.41, 5.74) is 3.72. The molecule has 0 aliphatic heterocycles. The van der Waals surface area contributed by atoms with Crippen molar-refractivity contribution in [3.8, 4) is 0 Å². The summed E-state index contributed by atoms with van der Waals surface area (Å²) in [6.07, 6.45) is 4.95. The van der Waals surface area contributed by atoms with E-state index < -0.39 is 17.7 Å². The number of nitrogens with one attached hydrogen (secondary N) is 3. The van der Waals surface area contributed by atoms with Gasteiger partial charge in [0.2, 0.25) is 0 Å². The fourth-order valence-electron chi connectivity index (χ4n) is 5.22. The number of hydrogen-bond donors (Lipinski definition) is 3. The second-order valence-corrected chi connectivity index (χ2v) is 10.3. The van der Waals surface area contributed by atoms with Gasteiger partial charge in [0, 0.05) is 51.4 Å². The molecule has 0 saturated heterocycles. The molecular weight excluding hydrogens is 564 g/mol. The SMILES string of the molecule is O=C(Nc1cccc2cccnc12)c1cc(C(=O)Nc2cccc3cccnc23)cc(C(=O)Nc2cccc3cccnc23)c1. The van der Waals surface area contributed by atoms with Gasteiger partial charge in [0.25, 0.3) is 17.7 Å². The smallest absolute Gasteiger partial charge is 0.255 e. The highest BCUT2D eigenvalue weighted by atomic mass is 16.2. The van der Waals surface area contributed by atoms with Crippen LogP contribution < -0.4 is 16.0 Å². The van der Waals surface area contributed by atoms with Crippen molar-refractivity contribution in [2.75, 3.05) is 16.0 Å². The van der Waals surface area contributed by atoms with Crippen LogP contribution in [0.4, 0.5) is 17.1 Å². The van der Waals surface area contributed by atoms with Crippen molar-refractivity contribution in [1.29, 1.82) is 0 Å². The van der Waals surface area contributed by atoms with Gasteiger partial charge in [0.05, 0.1) is 33.6 Å². The summed E-state index contributed by atoms with van der Waals surface area (Å²) < 4.78 is 0. The summed E-state index contributed by atoms with van der Waals surface area (Å²) in [4.78, 5) is 54.2. The molecule has 3 aromatic heterocycles. The summed E-state index contributed by atoms with van der Waals surface area (Å²) in [6, 6.07) is 31.9. The molecule has 7 rings (SSSR count). The molecule has 3 N–H and O–H groups in total. The highest BCUT2D eigenvalue weighted by molar-refractivity contribution is 6.15. The zero-order chi connectivity index (χ0) is 30.8. The van der Waals surface area contributed by atoms with Crippen molar-refractivity contribution in [3.63, 3.8) is 0 Å². The van der Waals surface area contributed by atoms with Crippen molar-refractivity contribution in [2.24, 2.45) is 0 Å². The van der Waals surface area contributed by atoms with E-state index in [2.05, 4.69) is 30.9 Å². The Balaban J connectivity index is 1.26. The molecule has 0 spiro atoms. The van der Waals surface area contributed by atoms with Crippen LogP contribution in [-0.4, -0.2) is 32.7 Å². The Labute approximate surface area is 257 Å². The van der Waals surface area contributed by atoms with Crippen LogP contribution >= 0.6 is 0 Å². The summed E-state index contributed by atoms with van der Waals surface area (Å²) in [5.74, 6) is -1.51. The average Bonchev–Trinajstić information content (AvgIpc) is 3.08. The van der Waals surface area contributed by atoms with Crippen molar-refractivity contribution < 1.29 is 14.4 Å². The van der Waals surface area contributed by atoms with Crippen LogP contribution in [0.5, 0.6) is 0 Å². The van der Waals surface area contributed by atoms with Crippen molar-refractivity contribution in [1.82, 2.24) is 15.0 Å². The van der Waals surface area contributed by atoms with E-state index in [1.165, 1.54) is 18.2 Å². The minimum Gasteiger partial charge on any atom is -0.320 e. The quantitative estimate of drug-likeness (QED) is 0.190. The topological polar surface area (TPSA) is 126 Å². The number of para-hydroxylation sites is 3. The maximum absolute atomic E-state index is 13.7. The normalized spacial score (nSPS) is 10.9. The summed E-state index contributed by atoms with van der Waals surface area (Å²) in [7, 11) is 0. The molecule has 7 aromatic rings. The number of benzene rings is 4. The van der Waals surface area contributed by atoms with Gasteiger partial charge in [-0.3, -0.25) is 29.3 Å². The first-order valence-corrected chi connectivity index (χ1v) is 14.1. The Morgan fingerprint density at radius 3 is 1.00 bits per heavy atom. The summed E-state index contributed by atoms with van der Waals surface area (Å²) >= 11 is 0. The van der Waals surface area contributed by atoms with Gasteiger partial charge < -0.3 is 16.0 Å². The first-order valence-electron chi connectivity index (χ1n) is 14.1. The van der Waals surface area contributed by atoms with E-state index in [4.69, 9.17) is 0 Å². The molecule has 0 aliphatic rings. The van der Waals surface area contributed by atoms with Crippen molar-refractivity contribution in [2.45, 2.75) is 0 Å². The van der Waals surface area contributed by atoms with E-state index in [1.807, 2.05) is 72.8 Å². The lowest BCUT2D eigenvalue weighted by Gasteiger charge is -2.13. The van der Waals surface area contributed by atoms with Crippen LogP contribution in [0.2, 0.25) is 0 Å². The highest BCUT2D eigenvalue weighted by Gasteiger charge is 2.19. The molecule has 0 radical (unpaired) electrons. The lowest BCUT2D eigenvalue weighted by Crippen LogP contribution is -2.19. The maximum atomic E-state index is 13.7. The summed E-state index contributed by atoms with van der Waals surface area (Å²) in [6.45, 7) is 0. The number of aromatic nitrogens is 3. The van der Waals surface area contributed by atoms with Crippen LogP contribution in [0.3, 0.4) is 0 Å². The number of carbonyl (C=O) groups is 3. The molecule has 9 nitrogen and oxygen atoms in total. The van der Waals surface area contributed by atoms with E-state index in [-0.39, 0.29) is 16.7 Å². The van der Waals surface area contributed by atoms with Gasteiger partial charge in [-0.1, -0.05) is 54.6 Å². The third-order valence-corrected chi connectivity index (χ3v) is 7.36. The van der Waals surface area contributed by atoms with Crippen molar-refractivity contribution in [3.05, 3.63) is 144 Å². The standard InChI is InChI=1S/C36H24N6O3/c43-34(40-28-13-1-7-22-10-4-16-37-31(22)28)25-19-26(35(44)41-29-14-2-8-23-11-5-17-38-32(23)29)21-27(20-25)36(45)42-30-15-3-9-24-12-6-18-39-33(24)30/h1-21H,(H,40,43)(H,41,44)(H,42,45). The van der Waals surface area contributed by atoms with Crippen molar-refractivity contribution >= 4 is 67.5 Å². The molecule has 0 saturated carbocycles. The Kier molecular flexibility index (Phi) is 7.09. The Hall–Kier alpha value is -6.48. The third-order valence-electron chi connectivity index (χ3n) is 7.36. The van der Waals surface area contributed by atoms with Crippen LogP contribution in [0.25, 0.3) is 32.7 Å². The van der Waals surface area contributed by atoms with Crippen LogP contribution in [-0.2, 0) is 0 Å². The largest absolute Gasteiger partial charge is 0.320 e. The van der Waals surface area contributed by atoms with Crippen LogP contribution in [0, 0.1) is 0 Å². The Morgan fingerprint density at radius 1 is 0.400 bits per heavy atom. The number of amides is 3. The minimum atomic E-state index is -0.504. The minimum absolute atomic E-state index is 0.118. The number of anilines is 3. The van der Waals surface area contributed by atoms with E-state index in [0.717, 1.165) is 16.2 Å². The fourth-order valence-corrected chi connectivity index (χ4v) is 5.22. The molecule has 0 atom stereocenters.